The molecule has 0 bridgehead atoms. The first-order valence-electron chi connectivity index (χ1n) is 5.42. The zero-order chi connectivity index (χ0) is 12.5. The van der Waals surface area contributed by atoms with Crippen molar-refractivity contribution in [3.63, 3.8) is 0 Å². The van der Waals surface area contributed by atoms with Crippen LogP contribution in [0.5, 0.6) is 5.75 Å². The maximum atomic E-state index is 5.95. The zero-order valence-corrected chi connectivity index (χ0v) is 10.1. The maximum Gasteiger partial charge on any atom is 0.240 e. The van der Waals surface area contributed by atoms with Gasteiger partial charge in [0.15, 0.2) is 0 Å². The van der Waals surface area contributed by atoms with Gasteiger partial charge in [-0.1, -0.05) is 16.8 Å². The molecule has 2 N–H and O–H groups in total. The van der Waals surface area contributed by atoms with Crippen molar-refractivity contribution in [3.05, 3.63) is 40.5 Å². The lowest BCUT2D eigenvalue weighted by atomic mass is 10.1. The number of fused-ring (bicyclic) bond motifs is 1. The first-order valence-corrected chi connectivity index (χ1v) is 5.80. The maximum absolute atomic E-state index is 5.95. The molecular weight excluding hydrogens is 254 g/mol. The van der Waals surface area contributed by atoms with Crippen molar-refractivity contribution >= 4 is 23.3 Å². The topological polar surface area (TPSA) is 74.2 Å². The second-order valence-corrected chi connectivity index (χ2v) is 4.29. The minimum atomic E-state index is 0.226. The molecule has 0 saturated heterocycles. The van der Waals surface area contributed by atoms with E-state index in [1.165, 1.54) is 0 Å². The number of hydrogen-bond acceptors (Lipinski definition) is 5. The Hall–Kier alpha value is -1.85. The van der Waals surface area contributed by atoms with Gasteiger partial charge in [0.2, 0.25) is 11.7 Å². The van der Waals surface area contributed by atoms with E-state index < -0.39 is 0 Å². The Morgan fingerprint density at radius 1 is 1.39 bits per heavy atom. The minimum absolute atomic E-state index is 0.226. The smallest absolute Gasteiger partial charge is 0.240 e. The van der Waals surface area contributed by atoms with Gasteiger partial charge in [0.1, 0.15) is 12.4 Å². The van der Waals surface area contributed by atoms with Gasteiger partial charge in [-0.15, -0.1) is 0 Å². The summed E-state index contributed by atoms with van der Waals surface area (Å²) in [5.74, 6) is 1.70. The summed E-state index contributed by atoms with van der Waals surface area (Å²) in [6, 6.07) is 5.46. The normalized spacial score (nSPS) is 13.8. The lowest BCUT2D eigenvalue weighted by molar-refractivity contribution is 0.360. The molecule has 2 aromatic rings. The highest BCUT2D eigenvalue weighted by Gasteiger charge is 2.17. The van der Waals surface area contributed by atoms with Crippen molar-refractivity contribution in [2.75, 3.05) is 6.61 Å². The van der Waals surface area contributed by atoms with Gasteiger partial charge in [-0.2, -0.15) is 4.98 Å². The molecule has 0 amide bonds. The zero-order valence-electron chi connectivity index (χ0n) is 9.39. The van der Waals surface area contributed by atoms with Crippen molar-refractivity contribution < 1.29 is 9.26 Å². The molecule has 0 unspecified atom stereocenters. The highest BCUT2D eigenvalue weighted by molar-refractivity contribution is 6.30. The van der Waals surface area contributed by atoms with Crippen molar-refractivity contribution in [2.45, 2.75) is 6.54 Å². The summed E-state index contributed by atoms with van der Waals surface area (Å²) in [6.07, 6.45) is 1.94. The number of rotatable bonds is 2. The van der Waals surface area contributed by atoms with Crippen LogP contribution >= 0.6 is 11.6 Å². The molecule has 1 aliphatic heterocycles. The molecule has 5 nitrogen and oxygen atoms in total. The van der Waals surface area contributed by atoms with Crippen LogP contribution in [0.4, 0.5) is 0 Å². The lowest BCUT2D eigenvalue weighted by Crippen LogP contribution is -2.07. The first-order chi connectivity index (χ1) is 8.76. The standard InChI is InChI=1S/C12H10ClN3O2/c13-9-1-2-10-7(4-9)3-8(6-17-10)12-15-11(5-14)18-16-12/h1-4H,5-6,14H2. The highest BCUT2D eigenvalue weighted by Crippen LogP contribution is 2.31. The summed E-state index contributed by atoms with van der Waals surface area (Å²) in [4.78, 5) is 4.16. The predicted octanol–water partition coefficient (Wildman–Crippen LogP) is 2.11. The van der Waals surface area contributed by atoms with E-state index in [2.05, 4.69) is 10.1 Å². The van der Waals surface area contributed by atoms with Crippen LogP contribution in [0, 0.1) is 0 Å². The quantitative estimate of drug-likeness (QED) is 0.898. The number of halogens is 1. The van der Waals surface area contributed by atoms with E-state index >= 15 is 0 Å². The van der Waals surface area contributed by atoms with Crippen LogP contribution in [-0.4, -0.2) is 16.7 Å². The summed E-state index contributed by atoms with van der Waals surface area (Å²) in [7, 11) is 0. The molecule has 1 aliphatic rings. The molecular formula is C12H10ClN3O2. The molecule has 2 heterocycles. The predicted molar refractivity (Wildman–Crippen MR) is 67.0 cm³/mol. The minimum Gasteiger partial charge on any atom is -0.488 e. The Balaban J connectivity index is 1.99. The van der Waals surface area contributed by atoms with Gasteiger partial charge in [-0.25, -0.2) is 0 Å². The molecule has 3 rings (SSSR count). The van der Waals surface area contributed by atoms with Crippen molar-refractivity contribution in [1.82, 2.24) is 10.1 Å². The third-order valence-corrected chi connectivity index (χ3v) is 2.85. The fraction of sp³-hybridized carbons (Fsp3) is 0.167. The summed E-state index contributed by atoms with van der Waals surface area (Å²) in [5, 5.41) is 4.52. The van der Waals surface area contributed by atoms with Gasteiger partial charge in [-0.05, 0) is 24.3 Å². The van der Waals surface area contributed by atoms with Crippen LogP contribution in [0.3, 0.4) is 0 Å². The van der Waals surface area contributed by atoms with E-state index in [4.69, 9.17) is 26.6 Å². The Kier molecular flexibility index (Phi) is 2.77. The Morgan fingerprint density at radius 3 is 3.06 bits per heavy atom. The fourth-order valence-electron chi connectivity index (χ4n) is 1.75. The van der Waals surface area contributed by atoms with E-state index in [9.17, 15) is 0 Å². The third-order valence-electron chi connectivity index (χ3n) is 2.61. The van der Waals surface area contributed by atoms with Crippen molar-refractivity contribution in [1.29, 1.82) is 0 Å². The molecule has 0 radical (unpaired) electrons. The average molecular weight is 264 g/mol. The SMILES string of the molecule is NCc1nc(C2=Cc3cc(Cl)ccc3OC2)no1. The third kappa shape index (κ3) is 1.98. The number of nitrogens with zero attached hydrogens (tertiary/aromatic N) is 2. The Bertz CT molecular complexity index is 622. The number of aromatic nitrogens is 2. The average Bonchev–Trinajstić information content (AvgIpc) is 2.86. The van der Waals surface area contributed by atoms with Gasteiger partial charge in [-0.3, -0.25) is 0 Å². The summed E-state index contributed by atoms with van der Waals surface area (Å²) in [5.41, 5.74) is 7.17. The van der Waals surface area contributed by atoms with E-state index in [1.54, 1.807) is 6.07 Å². The van der Waals surface area contributed by atoms with E-state index in [1.807, 2.05) is 18.2 Å². The second kappa shape index (κ2) is 4.44. The van der Waals surface area contributed by atoms with Gasteiger partial charge in [0.25, 0.3) is 0 Å². The Labute approximate surface area is 108 Å². The van der Waals surface area contributed by atoms with Crippen molar-refractivity contribution in [3.8, 4) is 5.75 Å². The van der Waals surface area contributed by atoms with Crippen LogP contribution in [0.1, 0.15) is 17.3 Å². The van der Waals surface area contributed by atoms with Crippen LogP contribution in [0.25, 0.3) is 11.6 Å². The van der Waals surface area contributed by atoms with E-state index in [0.29, 0.717) is 23.3 Å². The monoisotopic (exact) mass is 263 g/mol. The molecule has 0 aliphatic carbocycles. The first kappa shape index (κ1) is 11.3. The van der Waals surface area contributed by atoms with Gasteiger partial charge < -0.3 is 15.0 Å². The number of benzene rings is 1. The summed E-state index contributed by atoms with van der Waals surface area (Å²) in [6.45, 7) is 0.627. The fourth-order valence-corrected chi connectivity index (χ4v) is 1.93. The van der Waals surface area contributed by atoms with Gasteiger partial charge >= 0.3 is 0 Å². The Morgan fingerprint density at radius 2 is 2.28 bits per heavy atom. The molecule has 1 aromatic carbocycles. The number of hydrogen-bond donors (Lipinski definition) is 1. The summed E-state index contributed by atoms with van der Waals surface area (Å²) < 4.78 is 10.6. The molecule has 1 aromatic heterocycles. The molecule has 0 atom stereocenters. The highest BCUT2D eigenvalue weighted by atomic mass is 35.5. The van der Waals surface area contributed by atoms with Crippen LogP contribution in [0.15, 0.2) is 22.7 Å². The van der Waals surface area contributed by atoms with Gasteiger partial charge in [0.05, 0.1) is 6.54 Å². The molecule has 0 saturated carbocycles. The number of nitrogens with two attached hydrogens (primary N) is 1. The van der Waals surface area contributed by atoms with E-state index in [0.717, 1.165) is 16.9 Å². The molecule has 18 heavy (non-hydrogen) atoms. The van der Waals surface area contributed by atoms with E-state index in [-0.39, 0.29) is 6.54 Å². The summed E-state index contributed by atoms with van der Waals surface area (Å²) >= 11 is 5.95. The largest absolute Gasteiger partial charge is 0.488 e. The second-order valence-electron chi connectivity index (χ2n) is 3.86. The molecule has 6 heteroatoms. The lowest BCUT2D eigenvalue weighted by Gasteiger charge is -2.16. The number of ether oxygens (including phenoxy) is 1. The van der Waals surface area contributed by atoms with Crippen LogP contribution in [0.2, 0.25) is 5.02 Å². The van der Waals surface area contributed by atoms with Crippen LogP contribution < -0.4 is 10.5 Å². The molecule has 92 valence electrons. The van der Waals surface area contributed by atoms with Crippen molar-refractivity contribution in [2.24, 2.45) is 5.73 Å². The van der Waals surface area contributed by atoms with Crippen LogP contribution in [-0.2, 0) is 6.54 Å². The molecule has 0 fully saturated rings. The molecule has 0 spiro atoms. The van der Waals surface area contributed by atoms with Gasteiger partial charge in [0, 0.05) is 16.2 Å².